The fourth-order valence-corrected chi connectivity index (χ4v) is 4.17. The Morgan fingerprint density at radius 1 is 1.00 bits per heavy atom. The van der Waals surface area contributed by atoms with Crippen LogP contribution in [0.1, 0.15) is 54.4 Å². The number of nitrogens with one attached hydrogen (secondary N) is 2. The second-order valence-electron chi connectivity index (χ2n) is 8.95. The second kappa shape index (κ2) is 13.5. The van der Waals surface area contributed by atoms with Gasteiger partial charge in [-0.15, -0.1) is 0 Å². The number of unbranched alkanes of at least 4 members (excludes halogenated alkanes) is 1. The van der Waals surface area contributed by atoms with Crippen molar-refractivity contribution in [3.05, 3.63) is 65.7 Å². The molecule has 34 heavy (non-hydrogen) atoms. The number of hydrogen-bond donors (Lipinski definition) is 2. The van der Waals surface area contributed by atoms with E-state index in [1.165, 1.54) is 6.42 Å². The maximum atomic E-state index is 13.0. The highest BCUT2D eigenvalue weighted by Gasteiger charge is 2.26. The molecule has 1 aliphatic rings. The Hall–Kier alpha value is -3.19. The van der Waals surface area contributed by atoms with Gasteiger partial charge in [0.2, 0.25) is 0 Å². The maximum Gasteiger partial charge on any atom is 0.257 e. The average molecular weight is 464 g/mol. The molecule has 1 fully saturated rings. The van der Waals surface area contributed by atoms with Crippen molar-refractivity contribution in [2.24, 2.45) is 5.10 Å². The Morgan fingerprint density at radius 3 is 2.38 bits per heavy atom. The number of carbonyl (C=O) groups excluding carboxylic acids is 2. The summed E-state index contributed by atoms with van der Waals surface area (Å²) in [4.78, 5) is 29.5. The van der Waals surface area contributed by atoms with Crippen LogP contribution < -0.4 is 15.6 Å². The van der Waals surface area contributed by atoms with Crippen LogP contribution in [-0.4, -0.2) is 62.7 Å². The van der Waals surface area contributed by atoms with E-state index in [9.17, 15) is 9.59 Å². The van der Waals surface area contributed by atoms with E-state index in [2.05, 4.69) is 20.7 Å². The van der Waals surface area contributed by atoms with Crippen LogP contribution in [0.5, 0.6) is 0 Å². The number of anilines is 1. The summed E-state index contributed by atoms with van der Waals surface area (Å²) in [5.74, 6) is -0.116. The molecule has 0 saturated carbocycles. The third-order valence-electron chi connectivity index (χ3n) is 6.16. The van der Waals surface area contributed by atoms with Crippen molar-refractivity contribution in [1.82, 2.24) is 15.6 Å². The number of rotatable bonds is 11. The Kier molecular flexibility index (Phi) is 10.1. The van der Waals surface area contributed by atoms with Gasteiger partial charge in [-0.05, 0) is 75.0 Å². The Morgan fingerprint density at radius 2 is 1.71 bits per heavy atom. The zero-order chi connectivity index (χ0) is 24.2. The van der Waals surface area contributed by atoms with E-state index in [-0.39, 0.29) is 17.9 Å². The molecule has 2 N–H and O–H groups in total. The summed E-state index contributed by atoms with van der Waals surface area (Å²) < 4.78 is 0. The molecular weight excluding hydrogens is 426 g/mol. The van der Waals surface area contributed by atoms with Gasteiger partial charge in [-0.2, -0.15) is 5.10 Å². The molecule has 0 radical (unpaired) electrons. The normalized spacial score (nSPS) is 15.1. The third-order valence-corrected chi connectivity index (χ3v) is 6.16. The van der Waals surface area contributed by atoms with Crippen LogP contribution in [0, 0.1) is 0 Å². The summed E-state index contributed by atoms with van der Waals surface area (Å²) in [5, 5.41) is 7.18. The number of likely N-dealkylation sites (tertiary alicyclic amines) is 1. The van der Waals surface area contributed by atoms with Crippen LogP contribution in [0.4, 0.5) is 5.69 Å². The van der Waals surface area contributed by atoms with Crippen molar-refractivity contribution < 1.29 is 9.59 Å². The first-order valence-electron chi connectivity index (χ1n) is 12.2. The SMILES string of the molecule is CN(C)c1ccc(/C=N/NC(=O)[C@@H](CCCCNC(=O)c2ccccc2)N2CCCCC2)cc1. The first kappa shape index (κ1) is 25.4. The molecule has 1 saturated heterocycles. The first-order valence-corrected chi connectivity index (χ1v) is 12.2. The number of hydrogen-bond acceptors (Lipinski definition) is 5. The van der Waals surface area contributed by atoms with Crippen LogP contribution in [0.15, 0.2) is 59.7 Å². The van der Waals surface area contributed by atoms with Crippen molar-refractivity contribution in [2.45, 2.75) is 44.6 Å². The summed E-state index contributed by atoms with van der Waals surface area (Å²) in [6, 6.07) is 17.1. The maximum absolute atomic E-state index is 13.0. The number of hydrazone groups is 1. The Balaban J connectivity index is 1.47. The monoisotopic (exact) mass is 463 g/mol. The van der Waals surface area contributed by atoms with Gasteiger partial charge in [-0.3, -0.25) is 14.5 Å². The lowest BCUT2D eigenvalue weighted by atomic mass is 10.0. The zero-order valence-corrected chi connectivity index (χ0v) is 20.4. The summed E-state index contributed by atoms with van der Waals surface area (Å²) in [7, 11) is 4.00. The first-order chi connectivity index (χ1) is 16.5. The zero-order valence-electron chi connectivity index (χ0n) is 20.4. The van der Waals surface area contributed by atoms with E-state index in [1.54, 1.807) is 6.21 Å². The number of piperidine rings is 1. The van der Waals surface area contributed by atoms with Gasteiger partial charge in [0.15, 0.2) is 0 Å². The summed E-state index contributed by atoms with van der Waals surface area (Å²) in [6.07, 6.45) is 7.59. The smallest absolute Gasteiger partial charge is 0.257 e. The molecule has 0 aliphatic carbocycles. The molecule has 7 nitrogen and oxygen atoms in total. The molecule has 0 bridgehead atoms. The van der Waals surface area contributed by atoms with E-state index >= 15 is 0 Å². The molecule has 2 aromatic rings. The summed E-state index contributed by atoms with van der Waals surface area (Å²) >= 11 is 0. The molecule has 1 aliphatic heterocycles. The van der Waals surface area contributed by atoms with Crippen molar-refractivity contribution in [3.8, 4) is 0 Å². The lowest BCUT2D eigenvalue weighted by Gasteiger charge is -2.33. The predicted octanol–water partition coefficient (Wildman–Crippen LogP) is 3.66. The minimum atomic E-state index is -0.196. The van der Waals surface area contributed by atoms with Crippen LogP contribution in [0.25, 0.3) is 0 Å². The van der Waals surface area contributed by atoms with Crippen LogP contribution >= 0.6 is 0 Å². The van der Waals surface area contributed by atoms with Crippen molar-refractivity contribution in [3.63, 3.8) is 0 Å². The molecule has 7 heteroatoms. The fraction of sp³-hybridized carbons (Fsp3) is 0.444. The van der Waals surface area contributed by atoms with Gasteiger partial charge in [0.25, 0.3) is 11.8 Å². The minimum Gasteiger partial charge on any atom is -0.378 e. The Bertz CT molecular complexity index is 922. The molecule has 0 spiro atoms. The largest absolute Gasteiger partial charge is 0.378 e. The molecule has 3 rings (SSSR count). The molecular formula is C27H37N5O2. The molecule has 0 aromatic heterocycles. The topological polar surface area (TPSA) is 77.0 Å². The van der Waals surface area contributed by atoms with E-state index in [1.807, 2.05) is 73.6 Å². The summed E-state index contributed by atoms with van der Waals surface area (Å²) in [5.41, 5.74) is 5.48. The molecule has 1 atom stereocenters. The van der Waals surface area contributed by atoms with Crippen LogP contribution in [0.3, 0.4) is 0 Å². The lowest BCUT2D eigenvalue weighted by Crippen LogP contribution is -2.47. The standard InChI is InChI=1S/C27H37N5O2/c1-31(2)24-16-14-22(15-17-24)21-29-30-27(34)25(32-19-9-4-10-20-32)13-7-8-18-28-26(33)23-11-5-3-6-12-23/h3,5-6,11-12,14-17,21,25H,4,7-10,13,18-20H2,1-2H3,(H,28,33)(H,30,34)/b29-21+/t25-/m1/s1. The molecule has 1 heterocycles. The number of nitrogens with zero attached hydrogens (tertiary/aromatic N) is 3. The van der Waals surface area contributed by atoms with Gasteiger partial charge in [-0.1, -0.05) is 36.8 Å². The van der Waals surface area contributed by atoms with Crippen molar-refractivity contribution >= 4 is 23.7 Å². The molecule has 0 unspecified atom stereocenters. The van der Waals surface area contributed by atoms with E-state index in [0.717, 1.165) is 56.4 Å². The highest BCUT2D eigenvalue weighted by Crippen LogP contribution is 2.17. The van der Waals surface area contributed by atoms with Gasteiger partial charge in [0, 0.05) is 31.9 Å². The third kappa shape index (κ3) is 7.99. The number of carbonyl (C=O) groups is 2. The fourth-order valence-electron chi connectivity index (χ4n) is 4.17. The van der Waals surface area contributed by atoms with Gasteiger partial charge < -0.3 is 10.2 Å². The minimum absolute atomic E-state index is 0.0566. The van der Waals surface area contributed by atoms with E-state index in [0.29, 0.717) is 12.1 Å². The highest BCUT2D eigenvalue weighted by molar-refractivity contribution is 5.94. The Labute approximate surface area is 203 Å². The van der Waals surface area contributed by atoms with Gasteiger partial charge in [0.1, 0.15) is 0 Å². The van der Waals surface area contributed by atoms with Crippen molar-refractivity contribution in [1.29, 1.82) is 0 Å². The number of benzene rings is 2. The quantitative estimate of drug-likeness (QED) is 0.303. The van der Waals surface area contributed by atoms with Gasteiger partial charge in [0.05, 0.1) is 12.3 Å². The average Bonchev–Trinajstić information content (AvgIpc) is 2.87. The highest BCUT2D eigenvalue weighted by atomic mass is 16.2. The lowest BCUT2D eigenvalue weighted by molar-refractivity contribution is -0.127. The second-order valence-corrected chi connectivity index (χ2v) is 8.95. The van der Waals surface area contributed by atoms with Crippen LogP contribution in [0.2, 0.25) is 0 Å². The van der Waals surface area contributed by atoms with E-state index in [4.69, 9.17) is 0 Å². The molecule has 2 amide bonds. The van der Waals surface area contributed by atoms with Gasteiger partial charge in [-0.25, -0.2) is 5.43 Å². The summed E-state index contributed by atoms with van der Waals surface area (Å²) in [6.45, 7) is 2.49. The molecule has 182 valence electrons. The van der Waals surface area contributed by atoms with Crippen LogP contribution in [-0.2, 0) is 4.79 Å². The number of amides is 2. The predicted molar refractivity (Wildman–Crippen MR) is 138 cm³/mol. The van der Waals surface area contributed by atoms with E-state index < -0.39 is 0 Å². The molecule has 2 aromatic carbocycles. The van der Waals surface area contributed by atoms with Crippen molar-refractivity contribution in [2.75, 3.05) is 38.6 Å². The van der Waals surface area contributed by atoms with Gasteiger partial charge >= 0.3 is 0 Å².